The second-order valence-electron chi connectivity index (χ2n) is 4.47. The Morgan fingerprint density at radius 3 is 2.50 bits per heavy atom. The molecule has 0 N–H and O–H groups in total. The Labute approximate surface area is 107 Å². The van der Waals surface area contributed by atoms with Gasteiger partial charge >= 0.3 is 0 Å². The second kappa shape index (κ2) is 5.17. The van der Waals surface area contributed by atoms with E-state index in [1.165, 1.54) is 5.56 Å². The Balaban J connectivity index is 2.33. The summed E-state index contributed by atoms with van der Waals surface area (Å²) in [4.78, 5) is 11.9. The van der Waals surface area contributed by atoms with Gasteiger partial charge in [-0.1, -0.05) is 37.3 Å². The van der Waals surface area contributed by atoms with Gasteiger partial charge in [-0.05, 0) is 19.4 Å². The summed E-state index contributed by atoms with van der Waals surface area (Å²) in [6, 6.07) is 10.2. The van der Waals surface area contributed by atoms with Gasteiger partial charge in [-0.3, -0.25) is 9.48 Å². The number of aromatic nitrogens is 2. The molecule has 1 aromatic heterocycles. The lowest BCUT2D eigenvalue weighted by molar-refractivity contribution is 0.0987. The first-order chi connectivity index (χ1) is 8.63. The average molecular weight is 242 g/mol. The number of benzene rings is 1. The van der Waals surface area contributed by atoms with Gasteiger partial charge in [0, 0.05) is 12.1 Å². The molecule has 2 rings (SSSR count). The van der Waals surface area contributed by atoms with Crippen molar-refractivity contribution < 1.29 is 4.79 Å². The van der Waals surface area contributed by atoms with Crippen LogP contribution in [-0.4, -0.2) is 15.6 Å². The van der Waals surface area contributed by atoms with Crippen LogP contribution < -0.4 is 0 Å². The lowest BCUT2D eigenvalue weighted by atomic mass is 10.1. The van der Waals surface area contributed by atoms with E-state index in [0.717, 1.165) is 17.0 Å². The van der Waals surface area contributed by atoms with Crippen LogP contribution in [0.5, 0.6) is 0 Å². The van der Waals surface area contributed by atoms with Crippen molar-refractivity contribution in [1.82, 2.24) is 9.78 Å². The molecule has 1 aromatic carbocycles. The first kappa shape index (κ1) is 12.6. The molecule has 0 atom stereocenters. The zero-order valence-electron chi connectivity index (χ0n) is 11.1. The molecule has 0 aliphatic carbocycles. The van der Waals surface area contributed by atoms with Crippen LogP contribution in [0, 0.1) is 13.8 Å². The molecule has 0 amide bonds. The fourth-order valence-corrected chi connectivity index (χ4v) is 2.19. The van der Waals surface area contributed by atoms with Gasteiger partial charge in [0.05, 0.1) is 17.8 Å². The zero-order valence-corrected chi connectivity index (χ0v) is 11.1. The van der Waals surface area contributed by atoms with Crippen molar-refractivity contribution in [2.45, 2.75) is 33.7 Å². The van der Waals surface area contributed by atoms with E-state index in [1.807, 2.05) is 43.7 Å². The number of rotatable bonds is 4. The molecule has 0 spiro atoms. The van der Waals surface area contributed by atoms with Crippen molar-refractivity contribution in [3.8, 4) is 0 Å². The normalized spacial score (nSPS) is 10.6. The Morgan fingerprint density at radius 2 is 1.89 bits per heavy atom. The summed E-state index contributed by atoms with van der Waals surface area (Å²) in [5.74, 6) is 0.171. The summed E-state index contributed by atoms with van der Waals surface area (Å²) >= 11 is 0. The highest BCUT2D eigenvalue weighted by molar-refractivity contribution is 5.97. The molecule has 94 valence electrons. The topological polar surface area (TPSA) is 34.9 Å². The molecule has 0 fully saturated rings. The third-order valence-corrected chi connectivity index (χ3v) is 3.16. The Kier molecular flexibility index (Phi) is 3.60. The predicted molar refractivity (Wildman–Crippen MR) is 71.9 cm³/mol. The van der Waals surface area contributed by atoms with Crippen molar-refractivity contribution in [3.63, 3.8) is 0 Å². The van der Waals surface area contributed by atoms with Gasteiger partial charge in [-0.25, -0.2) is 0 Å². The van der Waals surface area contributed by atoms with Crippen molar-refractivity contribution in [3.05, 3.63) is 52.8 Å². The smallest absolute Gasteiger partial charge is 0.166 e. The van der Waals surface area contributed by atoms with Crippen LogP contribution in [0.2, 0.25) is 0 Å². The van der Waals surface area contributed by atoms with Crippen LogP contribution >= 0.6 is 0 Å². The molecule has 0 aliphatic heterocycles. The second-order valence-corrected chi connectivity index (χ2v) is 4.47. The molecule has 0 aliphatic rings. The summed E-state index contributed by atoms with van der Waals surface area (Å²) in [5, 5.41) is 4.47. The lowest BCUT2D eigenvalue weighted by Gasteiger charge is -2.05. The highest BCUT2D eigenvalue weighted by Gasteiger charge is 2.16. The van der Waals surface area contributed by atoms with Gasteiger partial charge in [-0.2, -0.15) is 5.10 Å². The molecule has 0 radical (unpaired) electrons. The third-order valence-electron chi connectivity index (χ3n) is 3.16. The number of ketones is 1. The van der Waals surface area contributed by atoms with E-state index in [2.05, 4.69) is 17.2 Å². The first-order valence-corrected chi connectivity index (χ1v) is 6.24. The maximum Gasteiger partial charge on any atom is 0.166 e. The number of hydrogen-bond acceptors (Lipinski definition) is 2. The van der Waals surface area contributed by atoms with E-state index in [4.69, 9.17) is 0 Å². The zero-order chi connectivity index (χ0) is 13.1. The molecule has 0 unspecified atom stereocenters. The summed E-state index contributed by atoms with van der Waals surface area (Å²) in [7, 11) is 0. The Bertz CT molecular complexity index is 555. The van der Waals surface area contributed by atoms with Crippen molar-refractivity contribution in [2.75, 3.05) is 0 Å². The van der Waals surface area contributed by atoms with Crippen LogP contribution in [0.3, 0.4) is 0 Å². The molecular formula is C15H18N2O. The lowest BCUT2D eigenvalue weighted by Crippen LogP contribution is -2.05. The third kappa shape index (κ3) is 2.35. The number of carbonyl (C=O) groups is 1. The largest absolute Gasteiger partial charge is 0.294 e. The van der Waals surface area contributed by atoms with Gasteiger partial charge < -0.3 is 0 Å². The van der Waals surface area contributed by atoms with Crippen molar-refractivity contribution in [1.29, 1.82) is 0 Å². The molecular weight excluding hydrogens is 224 g/mol. The first-order valence-electron chi connectivity index (χ1n) is 6.24. The molecule has 3 nitrogen and oxygen atoms in total. The van der Waals surface area contributed by atoms with Crippen molar-refractivity contribution in [2.24, 2.45) is 0 Å². The van der Waals surface area contributed by atoms with E-state index in [1.54, 1.807) is 0 Å². The Morgan fingerprint density at radius 1 is 1.22 bits per heavy atom. The van der Waals surface area contributed by atoms with Crippen LogP contribution in [0.15, 0.2) is 30.3 Å². The van der Waals surface area contributed by atoms with Gasteiger partial charge in [0.15, 0.2) is 5.78 Å². The van der Waals surface area contributed by atoms with Crippen LogP contribution in [0.4, 0.5) is 0 Å². The fraction of sp³-hybridized carbons (Fsp3) is 0.333. The highest BCUT2D eigenvalue weighted by atomic mass is 16.1. The number of Topliss-reactive ketones (excluding diaryl/α,β-unsaturated/α-hetero) is 1. The molecule has 3 heteroatoms. The number of aryl methyl sites for hydroxylation is 1. The molecule has 2 aromatic rings. The van der Waals surface area contributed by atoms with Gasteiger partial charge in [0.2, 0.25) is 0 Å². The number of carbonyl (C=O) groups excluding carboxylic acids is 1. The molecule has 0 bridgehead atoms. The van der Waals surface area contributed by atoms with E-state index in [-0.39, 0.29) is 5.78 Å². The summed E-state index contributed by atoms with van der Waals surface area (Å²) in [6.45, 7) is 6.46. The molecule has 0 saturated carbocycles. The van der Waals surface area contributed by atoms with Crippen molar-refractivity contribution >= 4 is 5.78 Å². The van der Waals surface area contributed by atoms with Gasteiger partial charge in [-0.15, -0.1) is 0 Å². The molecule has 0 saturated heterocycles. The number of hydrogen-bond donors (Lipinski definition) is 0. The average Bonchev–Trinajstić information content (AvgIpc) is 2.65. The standard InChI is InChI=1S/C15H18N2O/c1-4-14(18)15-11(2)16-17(12(15)3)10-13-8-6-5-7-9-13/h5-9H,4,10H2,1-3H3. The van der Waals surface area contributed by atoms with Crippen LogP contribution in [0.25, 0.3) is 0 Å². The minimum atomic E-state index is 0.171. The fourth-order valence-electron chi connectivity index (χ4n) is 2.19. The maximum atomic E-state index is 11.9. The number of nitrogens with zero attached hydrogens (tertiary/aromatic N) is 2. The summed E-state index contributed by atoms with van der Waals surface area (Å²) < 4.78 is 1.91. The minimum Gasteiger partial charge on any atom is -0.294 e. The monoisotopic (exact) mass is 242 g/mol. The Hall–Kier alpha value is -1.90. The van der Waals surface area contributed by atoms with Crippen LogP contribution in [-0.2, 0) is 6.54 Å². The van der Waals surface area contributed by atoms with Crippen LogP contribution in [0.1, 0.15) is 40.7 Å². The SMILES string of the molecule is CCC(=O)c1c(C)nn(Cc2ccccc2)c1C. The van der Waals surface area contributed by atoms with E-state index >= 15 is 0 Å². The highest BCUT2D eigenvalue weighted by Crippen LogP contribution is 2.16. The van der Waals surface area contributed by atoms with Gasteiger partial charge in [0.25, 0.3) is 0 Å². The maximum absolute atomic E-state index is 11.9. The molecule has 1 heterocycles. The van der Waals surface area contributed by atoms with E-state index in [9.17, 15) is 4.79 Å². The summed E-state index contributed by atoms with van der Waals surface area (Å²) in [6.07, 6.45) is 0.526. The van der Waals surface area contributed by atoms with E-state index in [0.29, 0.717) is 13.0 Å². The van der Waals surface area contributed by atoms with E-state index < -0.39 is 0 Å². The molecule has 18 heavy (non-hydrogen) atoms. The predicted octanol–water partition coefficient (Wildman–Crippen LogP) is 3.14. The summed E-state index contributed by atoms with van der Waals surface area (Å²) in [5.41, 5.74) is 3.77. The van der Waals surface area contributed by atoms with Gasteiger partial charge in [0.1, 0.15) is 0 Å². The minimum absolute atomic E-state index is 0.171. The quantitative estimate of drug-likeness (QED) is 0.772.